The molecule has 1 saturated heterocycles. The van der Waals surface area contributed by atoms with Crippen molar-refractivity contribution < 1.29 is 29.1 Å². The fourth-order valence-corrected chi connectivity index (χ4v) is 5.82. The third-order valence-electron chi connectivity index (χ3n) is 8.07. The second kappa shape index (κ2) is 11.5. The molecule has 10 nitrogen and oxygen atoms in total. The largest absolute Gasteiger partial charge is 0.511 e. The first-order valence-electron chi connectivity index (χ1n) is 14.0. The van der Waals surface area contributed by atoms with E-state index in [2.05, 4.69) is 15.6 Å². The zero-order chi connectivity index (χ0) is 30.1. The minimum Gasteiger partial charge on any atom is -0.511 e. The number of aliphatic hydroxyl groups is 1. The van der Waals surface area contributed by atoms with E-state index in [9.17, 15) is 29.1 Å². The summed E-state index contributed by atoms with van der Waals surface area (Å²) in [6.07, 6.45) is 2.24. The van der Waals surface area contributed by atoms with Crippen LogP contribution in [-0.4, -0.2) is 51.7 Å². The number of piperidine rings is 1. The lowest BCUT2D eigenvalue weighted by atomic mass is 9.83. The number of amides is 4. The molecule has 0 radical (unpaired) electrons. The molecule has 4 amide bonds. The molecule has 2 unspecified atom stereocenters. The highest BCUT2D eigenvalue weighted by atomic mass is 16.3. The van der Waals surface area contributed by atoms with Gasteiger partial charge in [-0.05, 0) is 42.2 Å². The highest BCUT2D eigenvalue weighted by molar-refractivity contribution is 6.16. The number of aliphatic hydroxyl groups excluding tert-OH is 1. The highest BCUT2D eigenvalue weighted by Gasteiger charge is 2.40. The topological polar surface area (TPSA) is 145 Å². The fourth-order valence-electron chi connectivity index (χ4n) is 5.82. The monoisotopic (exact) mass is 576 g/mol. The lowest BCUT2D eigenvalue weighted by molar-refractivity contribution is -0.137. The number of allylic oxidation sites excluding steroid dienone is 2. The molecule has 0 aromatic heterocycles. The average molecular weight is 577 g/mol. The molecule has 2 aliphatic heterocycles. The van der Waals surface area contributed by atoms with Crippen LogP contribution in [0.2, 0.25) is 0 Å². The summed E-state index contributed by atoms with van der Waals surface area (Å²) in [6.45, 7) is 0.107. The molecule has 6 rings (SSSR count). The minimum absolute atomic E-state index is 0.0409. The molecule has 43 heavy (non-hydrogen) atoms. The van der Waals surface area contributed by atoms with Crippen LogP contribution in [0.25, 0.3) is 0 Å². The lowest BCUT2D eigenvalue weighted by Crippen LogP contribution is -2.52. The van der Waals surface area contributed by atoms with Crippen LogP contribution in [0, 0.1) is 0 Å². The van der Waals surface area contributed by atoms with Gasteiger partial charge in [-0.1, -0.05) is 48.5 Å². The summed E-state index contributed by atoms with van der Waals surface area (Å²) in [5.74, 6) is -2.09. The maximum absolute atomic E-state index is 13.5. The summed E-state index contributed by atoms with van der Waals surface area (Å²) in [5, 5.41) is 15.8. The molecule has 1 fully saturated rings. The zero-order valence-electron chi connectivity index (χ0n) is 23.1. The quantitative estimate of drug-likeness (QED) is 0.294. The van der Waals surface area contributed by atoms with Crippen molar-refractivity contribution in [1.29, 1.82) is 0 Å². The van der Waals surface area contributed by atoms with Gasteiger partial charge in [0.2, 0.25) is 11.8 Å². The first-order chi connectivity index (χ1) is 20.8. The van der Waals surface area contributed by atoms with E-state index in [1.807, 2.05) is 30.3 Å². The summed E-state index contributed by atoms with van der Waals surface area (Å²) in [5.41, 5.74) is 2.99. The number of carbonyl (C=O) groups excluding carboxylic acids is 5. The number of ketones is 1. The zero-order valence-corrected chi connectivity index (χ0v) is 23.1. The van der Waals surface area contributed by atoms with Crippen molar-refractivity contribution in [1.82, 2.24) is 10.2 Å². The third-order valence-corrected chi connectivity index (χ3v) is 8.07. The van der Waals surface area contributed by atoms with Crippen LogP contribution in [-0.2, 0) is 20.9 Å². The van der Waals surface area contributed by atoms with Gasteiger partial charge in [0.1, 0.15) is 11.8 Å². The molecule has 0 saturated carbocycles. The summed E-state index contributed by atoms with van der Waals surface area (Å²) in [6, 6.07) is 20.4. The van der Waals surface area contributed by atoms with Gasteiger partial charge in [-0.2, -0.15) is 0 Å². The molecule has 2 heterocycles. The Morgan fingerprint density at radius 1 is 0.953 bits per heavy atom. The van der Waals surface area contributed by atoms with Crippen molar-refractivity contribution >= 4 is 47.0 Å². The van der Waals surface area contributed by atoms with E-state index in [4.69, 9.17) is 0 Å². The maximum atomic E-state index is 13.5. The number of carbonyl (C=O) groups is 5. The number of fused-ring (bicyclic) bond motifs is 1. The molecule has 0 spiro atoms. The number of Topliss-reactive ketones (excluding diaryl/α,β-unsaturated/α-hetero) is 1. The van der Waals surface area contributed by atoms with E-state index in [1.165, 1.54) is 11.1 Å². The van der Waals surface area contributed by atoms with Crippen LogP contribution < -0.4 is 10.6 Å². The molecule has 3 aromatic carbocycles. The molecule has 3 aromatic rings. The van der Waals surface area contributed by atoms with Crippen LogP contribution in [0.4, 0.5) is 11.4 Å². The van der Waals surface area contributed by atoms with Crippen LogP contribution in [0.3, 0.4) is 0 Å². The van der Waals surface area contributed by atoms with Crippen LogP contribution >= 0.6 is 0 Å². The Kier molecular flexibility index (Phi) is 7.41. The Bertz CT molecular complexity index is 1730. The summed E-state index contributed by atoms with van der Waals surface area (Å²) in [7, 11) is 0. The predicted molar refractivity (Wildman–Crippen MR) is 158 cm³/mol. The van der Waals surface area contributed by atoms with E-state index >= 15 is 0 Å². The van der Waals surface area contributed by atoms with Crippen LogP contribution in [0.5, 0.6) is 0 Å². The normalized spacial score (nSPS) is 20.4. The predicted octanol–water partition coefficient (Wildman–Crippen LogP) is 4.36. The number of nitrogens with one attached hydrogen (secondary N) is 2. The number of anilines is 1. The van der Waals surface area contributed by atoms with Crippen molar-refractivity contribution in [2.24, 2.45) is 4.99 Å². The van der Waals surface area contributed by atoms with Crippen LogP contribution in [0.15, 0.2) is 89.1 Å². The molecule has 3 aliphatic rings. The number of para-hydroxylation sites is 1. The molecule has 2 atom stereocenters. The Balaban J connectivity index is 1.20. The van der Waals surface area contributed by atoms with Gasteiger partial charge in [-0.15, -0.1) is 0 Å². The second-order valence-corrected chi connectivity index (χ2v) is 10.8. The number of nitrogens with zero attached hydrogens (tertiary/aromatic N) is 2. The Morgan fingerprint density at radius 2 is 1.72 bits per heavy atom. The van der Waals surface area contributed by atoms with Crippen molar-refractivity contribution in [3.05, 3.63) is 106 Å². The van der Waals surface area contributed by atoms with E-state index in [0.29, 0.717) is 28.9 Å². The number of hydrogen-bond acceptors (Lipinski definition) is 7. The van der Waals surface area contributed by atoms with Gasteiger partial charge >= 0.3 is 0 Å². The van der Waals surface area contributed by atoms with Gasteiger partial charge in [0.25, 0.3) is 11.8 Å². The van der Waals surface area contributed by atoms with Crippen molar-refractivity contribution in [3.8, 4) is 0 Å². The summed E-state index contributed by atoms with van der Waals surface area (Å²) >= 11 is 0. The Labute approximate surface area is 247 Å². The molecule has 0 bridgehead atoms. The van der Waals surface area contributed by atoms with Crippen LogP contribution in [0.1, 0.15) is 63.4 Å². The Morgan fingerprint density at radius 3 is 2.49 bits per heavy atom. The molecule has 1 aliphatic carbocycles. The van der Waals surface area contributed by atoms with Gasteiger partial charge < -0.3 is 15.3 Å². The van der Waals surface area contributed by atoms with Gasteiger partial charge in [-0.3, -0.25) is 34.3 Å². The number of aliphatic imine (C=N–C) groups is 1. The Hall–Kier alpha value is -5.38. The number of rotatable bonds is 6. The van der Waals surface area contributed by atoms with Crippen molar-refractivity contribution in [2.45, 2.75) is 44.2 Å². The number of benzene rings is 3. The molecule has 216 valence electrons. The van der Waals surface area contributed by atoms with Gasteiger partial charge in [0.15, 0.2) is 5.78 Å². The van der Waals surface area contributed by atoms with E-state index in [0.717, 1.165) is 5.56 Å². The summed E-state index contributed by atoms with van der Waals surface area (Å²) in [4.78, 5) is 69.4. The minimum atomic E-state index is -0.771. The SMILES string of the molecule is O=C1CCC(N2Cc3c(NC(=O)c4ccccc4N=CC4=C(O)CC(c5ccccc5)CC4=O)cccc3C2=O)C(=O)N1. The summed E-state index contributed by atoms with van der Waals surface area (Å²) < 4.78 is 0. The van der Waals surface area contributed by atoms with E-state index in [-0.39, 0.29) is 66.2 Å². The van der Waals surface area contributed by atoms with E-state index < -0.39 is 17.9 Å². The average Bonchev–Trinajstić information content (AvgIpc) is 3.34. The molecular weight excluding hydrogens is 548 g/mol. The third kappa shape index (κ3) is 5.46. The van der Waals surface area contributed by atoms with Gasteiger partial charge in [-0.25, -0.2) is 0 Å². The fraction of sp³-hybridized carbons (Fsp3) is 0.212. The van der Waals surface area contributed by atoms with Gasteiger partial charge in [0.05, 0.1) is 16.8 Å². The highest BCUT2D eigenvalue weighted by Crippen LogP contribution is 2.35. The molecule has 3 N–H and O–H groups in total. The van der Waals surface area contributed by atoms with E-state index in [1.54, 1.807) is 42.5 Å². The number of hydrogen-bond donors (Lipinski definition) is 3. The van der Waals surface area contributed by atoms with Gasteiger partial charge in [0, 0.05) is 48.8 Å². The van der Waals surface area contributed by atoms with Crippen molar-refractivity contribution in [2.75, 3.05) is 5.32 Å². The smallest absolute Gasteiger partial charge is 0.257 e. The first kappa shape index (κ1) is 27.8. The lowest BCUT2D eigenvalue weighted by Gasteiger charge is -2.29. The molecular formula is C33H28N4O6. The van der Waals surface area contributed by atoms with Crippen molar-refractivity contribution in [3.63, 3.8) is 0 Å². The number of imide groups is 1. The standard InChI is InChI=1S/C33H28N4O6/c38-28-15-20(19-7-2-1-3-8-19)16-29(39)23(28)17-34-25-11-5-4-9-22(25)31(41)35-26-12-6-10-21-24(26)18-37(33(21)43)27-13-14-30(40)36-32(27)42/h1-12,17,20,27,38H,13-16,18H2,(H,35,41)(H,36,40,42). The second-order valence-electron chi connectivity index (χ2n) is 10.8. The maximum Gasteiger partial charge on any atom is 0.257 e. The first-order valence-corrected chi connectivity index (χ1v) is 14.0. The molecule has 10 heteroatoms.